The Morgan fingerprint density at radius 2 is 2.00 bits per heavy atom. The number of hydroxylamine groups is 1. The van der Waals surface area contributed by atoms with Gasteiger partial charge in [0.15, 0.2) is 0 Å². The molecule has 0 spiro atoms. The minimum Gasteiger partial charge on any atom is -0.622 e. The highest BCUT2D eigenvalue weighted by Crippen LogP contribution is 2.56. The first kappa shape index (κ1) is 18.7. The van der Waals surface area contributed by atoms with E-state index in [2.05, 4.69) is 5.32 Å². The molecule has 0 bridgehead atoms. The number of ether oxygens (including phenoxy) is 1. The zero-order valence-corrected chi connectivity index (χ0v) is 16.9. The lowest BCUT2D eigenvalue weighted by Gasteiger charge is -2.47. The predicted octanol–water partition coefficient (Wildman–Crippen LogP) is 4.43. The van der Waals surface area contributed by atoms with Crippen molar-refractivity contribution in [2.75, 3.05) is 19.0 Å². The second-order valence-corrected chi connectivity index (χ2v) is 7.45. The lowest BCUT2D eigenvalue weighted by molar-refractivity contribution is -0.138. The van der Waals surface area contributed by atoms with Crippen molar-refractivity contribution in [2.45, 2.75) is 40.0 Å². The number of carbonyl (C=O) groups excluding carboxylic acids is 1. The number of nitrogens with zero attached hydrogens (tertiary/aromatic N) is 2. The number of pyridine rings is 1. The molecule has 2 aliphatic heterocycles. The molecule has 0 saturated carbocycles. The van der Waals surface area contributed by atoms with Gasteiger partial charge in [0.2, 0.25) is 0 Å². The highest BCUT2D eigenvalue weighted by Gasteiger charge is 2.46. The van der Waals surface area contributed by atoms with Crippen molar-refractivity contribution in [3.05, 3.63) is 63.1 Å². The number of aryl methyl sites for hydroxylation is 1. The quantitative estimate of drug-likeness (QED) is 0.485. The van der Waals surface area contributed by atoms with Crippen molar-refractivity contribution in [1.29, 1.82) is 0 Å². The average Bonchev–Trinajstić information content (AvgIpc) is 2.66. The second kappa shape index (κ2) is 6.43. The van der Waals surface area contributed by atoms with E-state index >= 15 is 0 Å². The Bertz CT molecular complexity index is 1020. The first-order chi connectivity index (χ1) is 13.3. The number of hydrogen-bond acceptors (Lipinski definition) is 5. The van der Waals surface area contributed by atoms with Gasteiger partial charge in [0.25, 0.3) is 0 Å². The van der Waals surface area contributed by atoms with Crippen molar-refractivity contribution in [3.63, 3.8) is 0 Å². The maximum absolute atomic E-state index is 13.9. The number of quaternary nitrogens is 1. The Morgan fingerprint density at radius 3 is 2.68 bits per heavy atom. The fourth-order valence-electron chi connectivity index (χ4n) is 4.63. The normalized spacial score (nSPS) is 22.3. The fraction of sp³-hybridized carbons (Fsp3) is 0.364. The van der Waals surface area contributed by atoms with Gasteiger partial charge in [-0.05, 0) is 27.2 Å². The van der Waals surface area contributed by atoms with Gasteiger partial charge in [-0.1, -0.05) is 25.1 Å². The van der Waals surface area contributed by atoms with Crippen molar-refractivity contribution in [2.24, 2.45) is 0 Å². The topological polar surface area (TPSA) is 74.3 Å². The average molecular weight is 379 g/mol. The summed E-state index contributed by atoms with van der Waals surface area (Å²) in [5.41, 5.74) is 6.01. The fourth-order valence-corrected chi connectivity index (χ4v) is 4.63. The molecule has 2 aliphatic rings. The van der Waals surface area contributed by atoms with Crippen LogP contribution in [-0.4, -0.2) is 24.6 Å². The molecular weight excluding hydrogens is 354 g/mol. The number of para-hydroxylation sites is 1. The molecule has 146 valence electrons. The van der Waals surface area contributed by atoms with Crippen molar-refractivity contribution < 1.29 is 9.53 Å². The van der Waals surface area contributed by atoms with E-state index in [4.69, 9.17) is 9.72 Å². The van der Waals surface area contributed by atoms with Crippen LogP contribution in [0.2, 0.25) is 0 Å². The lowest BCUT2D eigenvalue weighted by Crippen LogP contribution is -2.41. The molecule has 6 heteroatoms. The predicted molar refractivity (Wildman–Crippen MR) is 110 cm³/mol. The first-order valence-electron chi connectivity index (χ1n) is 9.68. The van der Waals surface area contributed by atoms with Gasteiger partial charge in [0, 0.05) is 22.9 Å². The molecule has 1 aromatic heterocycles. The number of esters is 1. The molecular formula is C22H25N3O3. The van der Waals surface area contributed by atoms with Crippen LogP contribution in [0, 0.1) is 12.1 Å². The summed E-state index contributed by atoms with van der Waals surface area (Å²) in [6.45, 7) is 7.95. The van der Waals surface area contributed by atoms with Crippen LogP contribution in [0.1, 0.15) is 49.1 Å². The van der Waals surface area contributed by atoms with Crippen LogP contribution in [-0.2, 0) is 16.0 Å². The molecule has 1 N–H and O–H groups in total. The third-order valence-corrected chi connectivity index (χ3v) is 5.80. The maximum atomic E-state index is 13.9. The third-order valence-electron chi connectivity index (χ3n) is 5.80. The molecule has 2 unspecified atom stereocenters. The van der Waals surface area contributed by atoms with E-state index in [1.54, 1.807) is 14.0 Å². The molecule has 0 fully saturated rings. The Labute approximate surface area is 165 Å². The Kier molecular flexibility index (Phi) is 4.28. The number of rotatable bonds is 3. The van der Waals surface area contributed by atoms with Crippen LogP contribution < -0.4 is 9.96 Å². The van der Waals surface area contributed by atoms with Gasteiger partial charge in [-0.25, -0.2) is 9.78 Å². The van der Waals surface area contributed by atoms with E-state index in [9.17, 15) is 10.0 Å². The van der Waals surface area contributed by atoms with Gasteiger partial charge in [0.05, 0.1) is 36.4 Å². The van der Waals surface area contributed by atoms with E-state index < -0.39 is 4.65 Å². The number of fused-ring (bicyclic) bond motifs is 2. The maximum Gasteiger partial charge on any atom is 0.336 e. The third kappa shape index (κ3) is 2.41. The van der Waals surface area contributed by atoms with Crippen molar-refractivity contribution >= 4 is 23.2 Å². The number of carbonyl (C=O) groups is 1. The summed E-state index contributed by atoms with van der Waals surface area (Å²) < 4.78 is 4.75. The van der Waals surface area contributed by atoms with Gasteiger partial charge in [0.1, 0.15) is 17.2 Å². The van der Waals surface area contributed by atoms with Crippen LogP contribution in [0.4, 0.5) is 17.2 Å². The zero-order valence-electron chi connectivity index (χ0n) is 16.9. The summed E-state index contributed by atoms with van der Waals surface area (Å²) >= 11 is 0. The van der Waals surface area contributed by atoms with Crippen molar-refractivity contribution in [1.82, 2.24) is 9.63 Å². The van der Waals surface area contributed by atoms with E-state index in [0.717, 1.165) is 34.5 Å². The number of allylic oxidation sites excluding steroid dienone is 1. The monoisotopic (exact) mass is 379 g/mol. The van der Waals surface area contributed by atoms with E-state index in [1.165, 1.54) is 0 Å². The smallest absolute Gasteiger partial charge is 0.336 e. The van der Waals surface area contributed by atoms with Crippen LogP contribution in [0.5, 0.6) is 0 Å². The van der Waals surface area contributed by atoms with Crippen LogP contribution in [0.25, 0.3) is 0 Å². The van der Waals surface area contributed by atoms with Gasteiger partial charge in [-0.2, -0.15) is 0 Å². The number of nitrogens with one attached hydrogen (secondary N) is 1. The number of anilines is 1. The summed E-state index contributed by atoms with van der Waals surface area (Å²) in [5.74, 6) is -0.0513. The molecule has 0 aliphatic carbocycles. The molecule has 0 radical (unpaired) electrons. The molecule has 4 rings (SSSR count). The molecule has 2 aromatic rings. The molecule has 2 atom stereocenters. The van der Waals surface area contributed by atoms with Gasteiger partial charge in [-0.3, -0.25) is 4.65 Å². The number of hydrogen-bond donors (Lipinski definition) is 1. The van der Waals surface area contributed by atoms with Crippen LogP contribution in [0.3, 0.4) is 0 Å². The minimum absolute atomic E-state index is 0.297. The largest absolute Gasteiger partial charge is 0.622 e. The molecule has 6 nitrogen and oxygen atoms in total. The van der Waals surface area contributed by atoms with Gasteiger partial charge < -0.3 is 15.3 Å². The first-order valence-corrected chi connectivity index (χ1v) is 9.68. The summed E-state index contributed by atoms with van der Waals surface area (Å²) in [4.78, 5) is 17.7. The second-order valence-electron chi connectivity index (χ2n) is 7.45. The molecule has 0 saturated heterocycles. The summed E-state index contributed by atoms with van der Waals surface area (Å²) in [5, 5.41) is 17.2. The van der Waals surface area contributed by atoms with E-state index in [0.29, 0.717) is 29.4 Å². The Balaban J connectivity index is 2.10. The Hall–Kier alpha value is -2.70. The van der Waals surface area contributed by atoms with E-state index in [1.807, 2.05) is 45.0 Å². The summed E-state index contributed by atoms with van der Waals surface area (Å²) in [6.07, 6.45) is 0.730. The molecule has 28 heavy (non-hydrogen) atoms. The SMILES string of the molecule is CCOC(=O)C1=C(C)Nc2nc(CC)c(C)c3c2C1c1ccccc1[N+]3(C)[O-]. The summed E-state index contributed by atoms with van der Waals surface area (Å²) in [6, 6.07) is 7.57. The highest BCUT2D eigenvalue weighted by molar-refractivity contribution is 5.97. The van der Waals surface area contributed by atoms with Gasteiger partial charge in [-0.15, -0.1) is 0 Å². The van der Waals surface area contributed by atoms with Crippen molar-refractivity contribution in [3.8, 4) is 0 Å². The van der Waals surface area contributed by atoms with Crippen LogP contribution in [0.15, 0.2) is 35.5 Å². The van der Waals surface area contributed by atoms with Crippen LogP contribution >= 0.6 is 0 Å². The van der Waals surface area contributed by atoms with Gasteiger partial charge >= 0.3 is 5.97 Å². The van der Waals surface area contributed by atoms with E-state index in [-0.39, 0.29) is 11.9 Å². The zero-order chi connectivity index (χ0) is 20.2. The minimum atomic E-state index is -0.618. The Morgan fingerprint density at radius 1 is 1.29 bits per heavy atom. The molecule has 0 amide bonds. The highest BCUT2D eigenvalue weighted by atomic mass is 16.5. The molecule has 1 aromatic carbocycles. The standard InChI is InChI=1S/C22H25N3O3/c1-6-15-12(3)20-19-18(14-10-8-9-11-16(14)25(20,5)27)17(22(26)28-7-2)13(4)23-21(19)24-15/h8-11,18H,6-7H2,1-5H3,(H,23,24). The molecule has 3 heterocycles. The number of aromatic nitrogens is 1. The summed E-state index contributed by atoms with van der Waals surface area (Å²) in [7, 11) is 1.66. The number of benzene rings is 1. The lowest BCUT2D eigenvalue weighted by atomic mass is 9.76.